The summed E-state index contributed by atoms with van der Waals surface area (Å²) in [5, 5.41) is 10.3. The molecular weight excluding hydrogens is 247 g/mol. The number of halogens is 2. The third kappa shape index (κ3) is 1.44. The Hall–Kier alpha value is -1.31. The van der Waals surface area contributed by atoms with Crippen molar-refractivity contribution < 1.29 is 4.39 Å². The molecule has 82 valence electrons. The Balaban J connectivity index is 3.03. The van der Waals surface area contributed by atoms with E-state index in [-0.39, 0.29) is 0 Å². The summed E-state index contributed by atoms with van der Waals surface area (Å²) in [6, 6.07) is 3.29. The van der Waals surface area contributed by atoms with Crippen molar-refractivity contribution in [2.75, 3.05) is 5.73 Å². The smallest absolute Gasteiger partial charge is 0.142 e. The first-order chi connectivity index (χ1) is 7.60. The highest BCUT2D eigenvalue weighted by atomic mass is 35.5. The Labute approximate surface area is 101 Å². The number of fused-ring (bicyclic) bond motifs is 1. The van der Waals surface area contributed by atoms with E-state index in [1.165, 1.54) is 6.07 Å². The lowest BCUT2D eigenvalue weighted by molar-refractivity contribution is 0.641. The monoisotopic (exact) mass is 254 g/mol. The Morgan fingerprint density at radius 2 is 2.31 bits per heavy atom. The predicted octanol–water partition coefficient (Wildman–Crippen LogP) is 3.71. The number of nitrogens with two attached hydrogens (primary N) is 1. The van der Waals surface area contributed by atoms with Gasteiger partial charge in [0.25, 0.3) is 0 Å². The average Bonchev–Trinajstić information content (AvgIpc) is 2.56. The van der Waals surface area contributed by atoms with E-state index >= 15 is 0 Å². The number of nitrogen functional groups attached to an aromatic ring is 1. The maximum Gasteiger partial charge on any atom is 0.142 e. The normalized spacial score (nSPS) is 10.6. The van der Waals surface area contributed by atoms with Crippen LogP contribution in [0.1, 0.15) is 18.1 Å². The van der Waals surface area contributed by atoms with E-state index in [0.717, 1.165) is 16.9 Å². The van der Waals surface area contributed by atoms with Gasteiger partial charge in [-0.2, -0.15) is 5.26 Å². The Bertz CT molecular complexity index is 613. The fraction of sp³-hybridized carbons (Fsp3) is 0.182. The summed E-state index contributed by atoms with van der Waals surface area (Å²) in [6.07, 6.45) is 0.639. The molecule has 0 atom stereocenters. The van der Waals surface area contributed by atoms with E-state index < -0.39 is 5.82 Å². The summed E-state index contributed by atoms with van der Waals surface area (Å²) in [5.41, 5.74) is 6.80. The molecule has 5 heteroatoms. The molecule has 0 aliphatic carbocycles. The maximum absolute atomic E-state index is 13.7. The van der Waals surface area contributed by atoms with E-state index in [9.17, 15) is 4.39 Å². The molecule has 0 spiro atoms. The molecule has 0 saturated carbocycles. The van der Waals surface area contributed by atoms with Crippen LogP contribution in [0.5, 0.6) is 0 Å². The van der Waals surface area contributed by atoms with Crippen molar-refractivity contribution in [1.82, 2.24) is 0 Å². The fourth-order valence-corrected chi connectivity index (χ4v) is 3.02. The lowest BCUT2D eigenvalue weighted by atomic mass is 10.0. The number of benzene rings is 1. The van der Waals surface area contributed by atoms with Crippen LogP contribution in [-0.2, 0) is 6.42 Å². The van der Waals surface area contributed by atoms with E-state index in [2.05, 4.69) is 0 Å². The minimum Gasteiger partial charge on any atom is -0.389 e. The summed E-state index contributed by atoms with van der Waals surface area (Å²) in [4.78, 5) is 0. The molecule has 2 N–H and O–H groups in total. The van der Waals surface area contributed by atoms with Gasteiger partial charge in [0.1, 0.15) is 16.9 Å². The summed E-state index contributed by atoms with van der Waals surface area (Å²) >= 11 is 7.05. The third-order valence-electron chi connectivity index (χ3n) is 2.46. The predicted molar refractivity (Wildman–Crippen MR) is 65.3 cm³/mol. The third-order valence-corrected chi connectivity index (χ3v) is 3.83. The molecule has 0 saturated heterocycles. The summed E-state index contributed by atoms with van der Waals surface area (Å²) in [7, 11) is 0. The molecular formula is C11H8ClFN2S. The number of nitriles is 1. The zero-order valence-corrected chi connectivity index (χ0v) is 10.0. The van der Waals surface area contributed by atoms with Crippen LogP contribution in [0, 0.1) is 17.1 Å². The number of hydrogen-bond acceptors (Lipinski definition) is 3. The van der Waals surface area contributed by atoms with Crippen LogP contribution >= 0.6 is 22.9 Å². The Kier molecular flexibility index (Phi) is 2.75. The molecule has 1 aromatic heterocycles. The summed E-state index contributed by atoms with van der Waals surface area (Å²) in [5.74, 6) is -0.421. The summed E-state index contributed by atoms with van der Waals surface area (Å²) in [6.45, 7) is 1.91. The van der Waals surface area contributed by atoms with Crippen LogP contribution < -0.4 is 5.73 Å². The second-order valence-electron chi connectivity index (χ2n) is 3.33. The van der Waals surface area contributed by atoms with Crippen LogP contribution in [0.4, 0.5) is 9.39 Å². The molecule has 2 aromatic rings. The van der Waals surface area contributed by atoms with Crippen LogP contribution in [0.3, 0.4) is 0 Å². The SMILES string of the molecule is CCc1c(Cl)cc(F)c2sc(N)c(C#N)c12. The molecule has 0 aliphatic heterocycles. The number of rotatable bonds is 1. The van der Waals surface area contributed by atoms with E-state index in [4.69, 9.17) is 22.6 Å². The molecule has 0 amide bonds. The fourth-order valence-electron chi connectivity index (χ4n) is 1.74. The van der Waals surface area contributed by atoms with E-state index in [1.54, 1.807) is 0 Å². The van der Waals surface area contributed by atoms with Crippen LogP contribution in [0.15, 0.2) is 6.07 Å². The van der Waals surface area contributed by atoms with Gasteiger partial charge >= 0.3 is 0 Å². The van der Waals surface area contributed by atoms with Crippen molar-refractivity contribution in [3.63, 3.8) is 0 Å². The minimum absolute atomic E-state index is 0.332. The van der Waals surface area contributed by atoms with Crippen molar-refractivity contribution in [1.29, 1.82) is 5.26 Å². The van der Waals surface area contributed by atoms with Gasteiger partial charge in [0, 0.05) is 10.4 Å². The summed E-state index contributed by atoms with van der Waals surface area (Å²) < 4.78 is 14.1. The highest BCUT2D eigenvalue weighted by Gasteiger charge is 2.18. The molecule has 16 heavy (non-hydrogen) atoms. The highest BCUT2D eigenvalue weighted by molar-refractivity contribution is 7.23. The van der Waals surface area contributed by atoms with Crippen LogP contribution in [-0.4, -0.2) is 0 Å². The number of thiophene rings is 1. The molecule has 0 unspecified atom stereocenters. The number of nitrogens with zero attached hydrogens (tertiary/aromatic N) is 1. The van der Waals surface area contributed by atoms with Gasteiger partial charge in [-0.25, -0.2) is 4.39 Å². The lowest BCUT2D eigenvalue weighted by Crippen LogP contribution is -1.89. The van der Waals surface area contributed by atoms with Gasteiger partial charge < -0.3 is 5.73 Å². The molecule has 1 aromatic carbocycles. The molecule has 2 nitrogen and oxygen atoms in total. The highest BCUT2D eigenvalue weighted by Crippen LogP contribution is 2.39. The number of aryl methyl sites for hydroxylation is 1. The van der Waals surface area contributed by atoms with Gasteiger partial charge in [-0.15, -0.1) is 11.3 Å². The first-order valence-electron chi connectivity index (χ1n) is 4.69. The lowest BCUT2D eigenvalue weighted by Gasteiger charge is -2.04. The maximum atomic E-state index is 13.7. The molecule has 2 rings (SSSR count). The minimum atomic E-state index is -0.421. The first kappa shape index (κ1) is 11.2. The van der Waals surface area contributed by atoms with Crippen molar-refractivity contribution in [2.24, 2.45) is 0 Å². The number of anilines is 1. The second kappa shape index (κ2) is 3.93. The molecule has 0 fully saturated rings. The quantitative estimate of drug-likeness (QED) is 0.843. The molecule has 0 bridgehead atoms. The van der Waals surface area contributed by atoms with Gasteiger partial charge in [0.15, 0.2) is 0 Å². The van der Waals surface area contributed by atoms with Gasteiger partial charge in [-0.05, 0) is 18.1 Å². The first-order valence-corrected chi connectivity index (χ1v) is 5.88. The van der Waals surface area contributed by atoms with Gasteiger partial charge in [-0.3, -0.25) is 0 Å². The standard InChI is InChI=1S/C11H8ClFN2S/c1-2-5-7(12)3-8(13)10-9(5)6(4-14)11(15)16-10/h3H,2,15H2,1H3. The van der Waals surface area contributed by atoms with Gasteiger partial charge in [0.05, 0.1) is 10.3 Å². The van der Waals surface area contributed by atoms with Gasteiger partial charge in [0.2, 0.25) is 0 Å². The molecule has 0 radical (unpaired) electrons. The van der Waals surface area contributed by atoms with Crippen LogP contribution in [0.2, 0.25) is 5.02 Å². The van der Waals surface area contributed by atoms with E-state index in [1.807, 2.05) is 13.0 Å². The van der Waals surface area contributed by atoms with E-state index in [0.29, 0.717) is 32.1 Å². The average molecular weight is 255 g/mol. The second-order valence-corrected chi connectivity index (χ2v) is 4.79. The van der Waals surface area contributed by atoms with Crippen molar-refractivity contribution in [3.05, 3.63) is 28.0 Å². The van der Waals surface area contributed by atoms with Crippen molar-refractivity contribution >= 4 is 38.0 Å². The van der Waals surface area contributed by atoms with Gasteiger partial charge in [-0.1, -0.05) is 18.5 Å². The van der Waals surface area contributed by atoms with Crippen molar-refractivity contribution in [3.8, 4) is 6.07 Å². The molecule has 0 aliphatic rings. The largest absolute Gasteiger partial charge is 0.389 e. The number of hydrogen-bond donors (Lipinski definition) is 1. The zero-order valence-electron chi connectivity index (χ0n) is 8.47. The zero-order chi connectivity index (χ0) is 11.9. The van der Waals surface area contributed by atoms with Crippen molar-refractivity contribution in [2.45, 2.75) is 13.3 Å². The molecule has 1 heterocycles. The topological polar surface area (TPSA) is 49.8 Å². The Morgan fingerprint density at radius 1 is 1.62 bits per heavy atom. The van der Waals surface area contributed by atoms with Crippen LogP contribution in [0.25, 0.3) is 10.1 Å². The Morgan fingerprint density at radius 3 is 2.88 bits per heavy atom.